The Kier molecular flexibility index (Phi) is 13.9. The second kappa shape index (κ2) is 15.3. The molecule has 0 bridgehead atoms. The zero-order chi connectivity index (χ0) is 19.3. The number of nitrogens with one attached hydrogen (secondary N) is 2. The van der Waals surface area contributed by atoms with E-state index in [-0.39, 0.29) is 36.4 Å². The highest BCUT2D eigenvalue weighted by Crippen LogP contribution is 2.17. The van der Waals surface area contributed by atoms with E-state index in [1.54, 1.807) is 19.0 Å². The maximum Gasteiger partial charge on any atom is 0.243 e. The molecule has 2 rings (SSSR count). The van der Waals surface area contributed by atoms with Gasteiger partial charge in [0, 0.05) is 53.1 Å². The van der Waals surface area contributed by atoms with Crippen LogP contribution in [0.15, 0.2) is 4.99 Å². The second-order valence-electron chi connectivity index (χ2n) is 7.84. The minimum absolute atomic E-state index is 0. The van der Waals surface area contributed by atoms with Gasteiger partial charge in [-0.25, -0.2) is 4.99 Å². The normalized spacial score (nSPS) is 19.0. The predicted octanol–water partition coefficient (Wildman–Crippen LogP) is 2.39. The summed E-state index contributed by atoms with van der Waals surface area (Å²) in [6, 6.07) is 0.462. The standard InChI is InChI=1S/C20H38N4O3.HI/c1-24(2)19(25)15-22-20(23-18-7-4-3-5-8-18)21-11-6-12-27-16-17-9-13-26-14-10-17;/h17-18H,3-16H2,1-2H3,(H2,21,22,23);1H. The molecule has 1 amide bonds. The number of ether oxygens (including phenoxy) is 2. The Labute approximate surface area is 187 Å². The zero-order valence-electron chi connectivity index (χ0n) is 17.6. The third kappa shape index (κ3) is 10.8. The molecule has 7 nitrogen and oxygen atoms in total. The monoisotopic (exact) mass is 510 g/mol. The summed E-state index contributed by atoms with van der Waals surface area (Å²) in [6.07, 6.45) is 9.36. The number of nitrogens with zero attached hydrogens (tertiary/aromatic N) is 2. The molecule has 1 aliphatic carbocycles. The molecule has 0 spiro atoms. The van der Waals surface area contributed by atoms with Crippen LogP contribution in [0.4, 0.5) is 0 Å². The minimum Gasteiger partial charge on any atom is -0.381 e. The molecule has 2 fully saturated rings. The van der Waals surface area contributed by atoms with Crippen molar-refractivity contribution in [2.24, 2.45) is 10.9 Å². The number of guanidine groups is 1. The first-order valence-electron chi connectivity index (χ1n) is 10.6. The number of carbonyl (C=O) groups is 1. The molecule has 0 aromatic rings. The highest BCUT2D eigenvalue weighted by molar-refractivity contribution is 14.0. The second-order valence-corrected chi connectivity index (χ2v) is 7.84. The Bertz CT molecular complexity index is 451. The van der Waals surface area contributed by atoms with Crippen molar-refractivity contribution in [3.05, 3.63) is 0 Å². The maximum absolute atomic E-state index is 11.8. The fraction of sp³-hybridized carbons (Fsp3) is 0.900. The lowest BCUT2D eigenvalue weighted by Gasteiger charge is -2.25. The summed E-state index contributed by atoms with van der Waals surface area (Å²) in [5.74, 6) is 1.41. The number of hydrogen-bond acceptors (Lipinski definition) is 4. The number of rotatable bonds is 9. The first-order valence-corrected chi connectivity index (χ1v) is 10.6. The van der Waals surface area contributed by atoms with Crippen molar-refractivity contribution in [3.8, 4) is 0 Å². The Morgan fingerprint density at radius 3 is 2.54 bits per heavy atom. The molecule has 1 saturated heterocycles. The molecule has 0 atom stereocenters. The lowest BCUT2D eigenvalue weighted by molar-refractivity contribution is -0.127. The number of hydrogen-bond donors (Lipinski definition) is 2. The Morgan fingerprint density at radius 1 is 1.14 bits per heavy atom. The van der Waals surface area contributed by atoms with E-state index in [9.17, 15) is 4.79 Å². The summed E-state index contributed by atoms with van der Waals surface area (Å²) in [5.41, 5.74) is 0. The molecular weight excluding hydrogens is 471 g/mol. The van der Waals surface area contributed by atoms with E-state index in [1.807, 2.05) is 0 Å². The van der Waals surface area contributed by atoms with E-state index in [2.05, 4.69) is 15.6 Å². The zero-order valence-corrected chi connectivity index (χ0v) is 19.9. The third-order valence-corrected chi connectivity index (χ3v) is 5.27. The van der Waals surface area contributed by atoms with Crippen LogP contribution < -0.4 is 10.6 Å². The van der Waals surface area contributed by atoms with Crippen LogP contribution in [-0.2, 0) is 14.3 Å². The quantitative estimate of drug-likeness (QED) is 0.216. The van der Waals surface area contributed by atoms with E-state index >= 15 is 0 Å². The number of likely N-dealkylation sites (N-methyl/N-ethyl adjacent to an activating group) is 1. The van der Waals surface area contributed by atoms with Crippen molar-refractivity contribution in [1.29, 1.82) is 0 Å². The van der Waals surface area contributed by atoms with Gasteiger partial charge >= 0.3 is 0 Å². The smallest absolute Gasteiger partial charge is 0.243 e. The van der Waals surface area contributed by atoms with Gasteiger partial charge in [0.25, 0.3) is 0 Å². The number of halogens is 1. The van der Waals surface area contributed by atoms with Crippen LogP contribution in [0, 0.1) is 5.92 Å². The van der Waals surface area contributed by atoms with E-state index in [4.69, 9.17) is 9.47 Å². The number of amides is 1. The Hall–Kier alpha value is -0.610. The summed E-state index contributed by atoms with van der Waals surface area (Å²) >= 11 is 0. The van der Waals surface area contributed by atoms with Gasteiger partial charge in [0.2, 0.25) is 5.91 Å². The molecule has 0 radical (unpaired) electrons. The van der Waals surface area contributed by atoms with Crippen LogP contribution in [0.5, 0.6) is 0 Å². The van der Waals surface area contributed by atoms with Crippen LogP contribution in [0.25, 0.3) is 0 Å². The first kappa shape index (κ1) is 25.4. The van der Waals surface area contributed by atoms with E-state index < -0.39 is 0 Å². The molecule has 164 valence electrons. The van der Waals surface area contributed by atoms with Crippen LogP contribution in [-0.4, -0.2) is 76.4 Å². The van der Waals surface area contributed by atoms with Gasteiger partial charge in [-0.3, -0.25) is 4.79 Å². The Balaban J connectivity index is 0.00000392. The summed E-state index contributed by atoms with van der Waals surface area (Å²) < 4.78 is 11.2. The van der Waals surface area contributed by atoms with Crippen molar-refractivity contribution in [3.63, 3.8) is 0 Å². The van der Waals surface area contributed by atoms with Gasteiger partial charge in [-0.2, -0.15) is 0 Å². The van der Waals surface area contributed by atoms with E-state index in [0.29, 0.717) is 12.0 Å². The van der Waals surface area contributed by atoms with Gasteiger partial charge in [-0.15, -0.1) is 24.0 Å². The fourth-order valence-electron chi connectivity index (χ4n) is 3.43. The summed E-state index contributed by atoms with van der Waals surface area (Å²) in [5, 5.41) is 6.87. The van der Waals surface area contributed by atoms with Gasteiger partial charge in [-0.1, -0.05) is 19.3 Å². The number of aliphatic imine (C=N–C) groups is 1. The molecule has 1 saturated carbocycles. The van der Waals surface area contributed by atoms with Crippen molar-refractivity contribution in [1.82, 2.24) is 15.5 Å². The van der Waals surface area contributed by atoms with Crippen molar-refractivity contribution >= 4 is 35.8 Å². The van der Waals surface area contributed by atoms with Gasteiger partial charge in [0.05, 0.1) is 0 Å². The van der Waals surface area contributed by atoms with Crippen LogP contribution >= 0.6 is 24.0 Å². The van der Waals surface area contributed by atoms with Crippen molar-refractivity contribution in [2.75, 3.05) is 53.6 Å². The fourth-order valence-corrected chi connectivity index (χ4v) is 3.43. The minimum atomic E-state index is 0. The summed E-state index contributed by atoms with van der Waals surface area (Å²) in [4.78, 5) is 17.9. The van der Waals surface area contributed by atoms with E-state index in [1.165, 1.54) is 32.1 Å². The lowest BCUT2D eigenvalue weighted by atomic mass is 9.96. The molecular formula is C20H39IN4O3. The molecule has 8 heteroatoms. The molecule has 0 aromatic heterocycles. The average Bonchev–Trinajstić information content (AvgIpc) is 2.69. The lowest BCUT2D eigenvalue weighted by Crippen LogP contribution is -2.45. The van der Waals surface area contributed by atoms with Gasteiger partial charge in [-0.05, 0) is 38.0 Å². The van der Waals surface area contributed by atoms with Crippen LogP contribution in [0.3, 0.4) is 0 Å². The van der Waals surface area contributed by atoms with Crippen LogP contribution in [0.2, 0.25) is 0 Å². The molecule has 1 heterocycles. The van der Waals surface area contributed by atoms with Gasteiger partial charge in [0.1, 0.15) is 6.54 Å². The SMILES string of the molecule is CN(C)C(=O)CN=C(NCCCOCC1CCOCC1)NC1CCCCC1.I. The largest absolute Gasteiger partial charge is 0.381 e. The third-order valence-electron chi connectivity index (χ3n) is 5.27. The topological polar surface area (TPSA) is 75.2 Å². The molecule has 1 aliphatic heterocycles. The molecule has 2 N–H and O–H groups in total. The predicted molar refractivity (Wildman–Crippen MR) is 123 cm³/mol. The maximum atomic E-state index is 11.8. The van der Waals surface area contributed by atoms with Gasteiger partial charge in [0.15, 0.2) is 5.96 Å². The van der Waals surface area contributed by atoms with Crippen molar-refractivity contribution < 1.29 is 14.3 Å². The van der Waals surface area contributed by atoms with E-state index in [0.717, 1.165) is 58.2 Å². The van der Waals surface area contributed by atoms with Gasteiger partial charge < -0.3 is 25.0 Å². The summed E-state index contributed by atoms with van der Waals surface area (Å²) in [7, 11) is 3.52. The molecule has 0 unspecified atom stereocenters. The molecule has 0 aromatic carbocycles. The molecule has 28 heavy (non-hydrogen) atoms. The van der Waals surface area contributed by atoms with Crippen LogP contribution in [0.1, 0.15) is 51.4 Å². The van der Waals surface area contributed by atoms with Crippen molar-refractivity contribution in [2.45, 2.75) is 57.4 Å². The Morgan fingerprint density at radius 2 is 1.86 bits per heavy atom. The average molecular weight is 510 g/mol. The first-order chi connectivity index (χ1) is 13.1. The molecule has 2 aliphatic rings. The highest BCUT2D eigenvalue weighted by atomic mass is 127. The number of carbonyl (C=O) groups excluding carboxylic acids is 1. The summed E-state index contributed by atoms with van der Waals surface area (Å²) in [6.45, 7) is 4.29. The highest BCUT2D eigenvalue weighted by Gasteiger charge is 2.15.